The van der Waals surface area contributed by atoms with Crippen molar-refractivity contribution < 1.29 is 9.59 Å². The first kappa shape index (κ1) is 24.5. The number of amides is 1. The molecule has 3 aliphatic rings. The van der Waals surface area contributed by atoms with Crippen LogP contribution in [0.25, 0.3) is 0 Å². The van der Waals surface area contributed by atoms with Gasteiger partial charge in [0.1, 0.15) is 0 Å². The molecule has 0 unspecified atom stereocenters. The molecule has 2 aliphatic carbocycles. The van der Waals surface area contributed by atoms with Gasteiger partial charge in [-0.3, -0.25) is 14.6 Å². The standard InChI is InChI=1S/C27H29Br2ClN2O2/c28-20-12-19-4-3-18-13-21(30)14-23(29)25(18)26(27(19)31-15-20)17-7-9-32(10-8-17)24(34)11-16-1-5-22(33)6-2-16/h12-17,26H,1-11H2/p+1/t26-/m1/s1. The van der Waals surface area contributed by atoms with E-state index in [0.717, 1.165) is 78.4 Å². The molecule has 1 saturated carbocycles. The van der Waals surface area contributed by atoms with Crippen LogP contribution in [-0.2, 0) is 17.6 Å². The van der Waals surface area contributed by atoms with Gasteiger partial charge in [-0.15, -0.1) is 0 Å². The van der Waals surface area contributed by atoms with Crippen LogP contribution >= 0.6 is 43.5 Å². The third-order valence-electron chi connectivity index (χ3n) is 7.93. The lowest BCUT2D eigenvalue weighted by atomic mass is 9.76. The summed E-state index contributed by atoms with van der Waals surface area (Å²) in [5, 5.41) is 0.763. The SMILES string of the molecule is O=C(CC1CCC(=[OH+])CC1)N1CCC([C@H]2c3ncc(Br)cc3CCc3cc(Cl)cc(Br)c32)CC1. The van der Waals surface area contributed by atoms with E-state index in [4.69, 9.17) is 16.6 Å². The highest BCUT2D eigenvalue weighted by molar-refractivity contribution is 9.10. The van der Waals surface area contributed by atoms with Gasteiger partial charge in [-0.2, -0.15) is 0 Å². The zero-order valence-electron chi connectivity index (χ0n) is 19.2. The lowest BCUT2D eigenvalue weighted by molar-refractivity contribution is -0.133. The lowest BCUT2D eigenvalue weighted by Gasteiger charge is -2.37. The number of likely N-dealkylation sites (tertiary alicyclic amines) is 1. The fourth-order valence-electron chi connectivity index (χ4n) is 6.10. The van der Waals surface area contributed by atoms with E-state index in [1.807, 2.05) is 12.3 Å². The third-order valence-corrected chi connectivity index (χ3v) is 9.23. The minimum atomic E-state index is 0.196. The molecule has 1 N–H and O–H groups in total. The van der Waals surface area contributed by atoms with E-state index in [0.29, 0.717) is 24.0 Å². The Morgan fingerprint density at radius 3 is 2.47 bits per heavy atom. The molecule has 1 saturated heterocycles. The number of pyridine rings is 1. The van der Waals surface area contributed by atoms with Gasteiger partial charge >= 0.3 is 0 Å². The first-order valence-electron chi connectivity index (χ1n) is 12.3. The van der Waals surface area contributed by atoms with Crippen molar-refractivity contribution >= 4 is 55.2 Å². The summed E-state index contributed by atoms with van der Waals surface area (Å²) in [6, 6.07) is 6.34. The minimum absolute atomic E-state index is 0.196. The van der Waals surface area contributed by atoms with Gasteiger partial charge in [0.15, 0.2) is 0 Å². The summed E-state index contributed by atoms with van der Waals surface area (Å²) in [5.41, 5.74) is 5.10. The molecule has 1 aromatic carbocycles. The van der Waals surface area contributed by atoms with Gasteiger partial charge in [0.25, 0.3) is 5.78 Å². The maximum absolute atomic E-state index is 13.0. The number of carbonyl (C=O) groups is 1. The van der Waals surface area contributed by atoms with Crippen LogP contribution in [0.2, 0.25) is 5.02 Å². The molecule has 1 amide bonds. The van der Waals surface area contributed by atoms with Crippen molar-refractivity contribution in [1.82, 2.24) is 9.88 Å². The number of carbonyl (C=O) groups excluding carboxylic acids is 2. The first-order valence-corrected chi connectivity index (χ1v) is 14.3. The average molecular weight is 610 g/mol. The van der Waals surface area contributed by atoms with Crippen molar-refractivity contribution in [3.63, 3.8) is 0 Å². The van der Waals surface area contributed by atoms with Gasteiger partial charge in [0, 0.05) is 45.6 Å². The zero-order valence-corrected chi connectivity index (χ0v) is 23.1. The fraction of sp³-hybridized carbons (Fsp3) is 0.519. The molecule has 2 fully saturated rings. The second-order valence-corrected chi connectivity index (χ2v) is 12.3. The van der Waals surface area contributed by atoms with Crippen LogP contribution in [0.5, 0.6) is 0 Å². The van der Waals surface area contributed by atoms with E-state index in [1.165, 1.54) is 22.4 Å². The number of benzene rings is 1. The van der Waals surface area contributed by atoms with Crippen molar-refractivity contribution in [3.8, 4) is 0 Å². The summed E-state index contributed by atoms with van der Waals surface area (Å²) >= 11 is 13.9. The van der Waals surface area contributed by atoms with E-state index in [-0.39, 0.29) is 11.8 Å². The Bertz CT molecular complexity index is 1100. The van der Waals surface area contributed by atoms with Crippen LogP contribution in [0.4, 0.5) is 0 Å². The number of halogens is 3. The van der Waals surface area contributed by atoms with E-state index in [9.17, 15) is 9.59 Å². The van der Waals surface area contributed by atoms with Gasteiger partial charge in [-0.25, -0.2) is 0 Å². The Kier molecular flexibility index (Phi) is 7.48. The van der Waals surface area contributed by atoms with Crippen LogP contribution in [0.3, 0.4) is 0 Å². The molecule has 1 aliphatic heterocycles. The molecule has 0 radical (unpaired) electrons. The molecule has 34 heavy (non-hydrogen) atoms. The summed E-state index contributed by atoms with van der Waals surface area (Å²) in [5.74, 6) is 1.90. The molecule has 180 valence electrons. The maximum atomic E-state index is 13.0. The fourth-order valence-corrected chi connectivity index (χ4v) is 7.60. The van der Waals surface area contributed by atoms with Gasteiger partial charge in [0.05, 0.1) is 18.5 Å². The highest BCUT2D eigenvalue weighted by Crippen LogP contribution is 2.46. The third kappa shape index (κ3) is 5.15. The number of piperidine rings is 1. The molecule has 1 atom stereocenters. The van der Waals surface area contributed by atoms with Gasteiger partial charge in [-0.05, 0) is 101 Å². The van der Waals surface area contributed by atoms with Gasteiger partial charge in [-0.1, -0.05) is 27.5 Å². The summed E-state index contributed by atoms with van der Waals surface area (Å²) in [4.78, 5) is 29.7. The molecule has 0 spiro atoms. The number of aromatic nitrogens is 1. The Morgan fingerprint density at radius 2 is 1.74 bits per heavy atom. The quantitative estimate of drug-likeness (QED) is 0.358. The number of ketones is 1. The molecule has 1 aromatic heterocycles. The smallest absolute Gasteiger partial charge is 0.293 e. The van der Waals surface area contributed by atoms with Crippen LogP contribution < -0.4 is 0 Å². The molecule has 4 nitrogen and oxygen atoms in total. The van der Waals surface area contributed by atoms with E-state index >= 15 is 0 Å². The topological polar surface area (TPSA) is 54.6 Å². The first-order chi connectivity index (χ1) is 16.4. The summed E-state index contributed by atoms with van der Waals surface area (Å²) in [6.07, 6.45) is 9.74. The predicted molar refractivity (Wildman–Crippen MR) is 143 cm³/mol. The Hall–Kier alpha value is -1.24. The number of rotatable bonds is 3. The number of hydrogen-bond donors (Lipinski definition) is 0. The largest absolute Gasteiger partial charge is 0.343 e. The number of nitrogens with zero attached hydrogens (tertiary/aromatic N) is 2. The number of fused-ring (bicyclic) bond motifs is 2. The Morgan fingerprint density at radius 1 is 1.03 bits per heavy atom. The molecular weight excluding hydrogens is 580 g/mol. The van der Waals surface area contributed by atoms with Crippen molar-refractivity contribution in [2.24, 2.45) is 11.8 Å². The highest BCUT2D eigenvalue weighted by atomic mass is 79.9. The number of aryl methyl sites for hydroxylation is 2. The molecule has 2 heterocycles. The second-order valence-electron chi connectivity index (χ2n) is 10.1. The average Bonchev–Trinajstić information content (AvgIpc) is 2.97. The normalized spacial score (nSPS) is 23.3. The van der Waals surface area contributed by atoms with E-state index < -0.39 is 0 Å². The highest BCUT2D eigenvalue weighted by Gasteiger charge is 2.36. The Labute approximate surface area is 223 Å². The summed E-state index contributed by atoms with van der Waals surface area (Å²) in [6.45, 7) is 1.60. The summed E-state index contributed by atoms with van der Waals surface area (Å²) in [7, 11) is 0. The van der Waals surface area contributed by atoms with Crippen molar-refractivity contribution in [1.29, 1.82) is 0 Å². The lowest BCUT2D eigenvalue weighted by Crippen LogP contribution is -2.41. The molecule has 2 aromatic rings. The monoisotopic (exact) mass is 607 g/mol. The van der Waals surface area contributed by atoms with E-state index in [1.54, 1.807) is 0 Å². The second kappa shape index (κ2) is 10.4. The van der Waals surface area contributed by atoms with Crippen LogP contribution in [0, 0.1) is 11.8 Å². The molecule has 5 rings (SSSR count). The van der Waals surface area contributed by atoms with E-state index in [2.05, 4.69) is 48.9 Å². The zero-order chi connectivity index (χ0) is 23.8. The Balaban J connectivity index is 1.36. The van der Waals surface area contributed by atoms with Crippen molar-refractivity contribution in [2.45, 2.75) is 63.7 Å². The van der Waals surface area contributed by atoms with Crippen LogP contribution in [0.15, 0.2) is 33.3 Å². The van der Waals surface area contributed by atoms with Crippen LogP contribution in [0.1, 0.15) is 73.2 Å². The molecule has 0 bridgehead atoms. The van der Waals surface area contributed by atoms with Crippen molar-refractivity contribution in [3.05, 3.63) is 60.7 Å². The van der Waals surface area contributed by atoms with Crippen molar-refractivity contribution in [2.75, 3.05) is 13.1 Å². The van der Waals surface area contributed by atoms with Gasteiger partial charge < -0.3 is 4.90 Å². The summed E-state index contributed by atoms with van der Waals surface area (Å²) < 4.78 is 2.08. The number of hydrogen-bond acceptors (Lipinski definition) is 2. The minimum Gasteiger partial charge on any atom is -0.343 e. The van der Waals surface area contributed by atoms with Crippen LogP contribution in [-0.4, -0.2) is 39.5 Å². The maximum Gasteiger partial charge on any atom is 0.293 e. The molecule has 7 heteroatoms. The predicted octanol–water partition coefficient (Wildman–Crippen LogP) is 6.85. The molecular formula is C27H30Br2ClN2O2+. The van der Waals surface area contributed by atoms with Gasteiger partial charge in [0.2, 0.25) is 5.91 Å².